The standard InChI is InChI=1S/C48H32N2/c1-5-17-33(18-6-1)45-37(29-31-43-47(45)39-25-13-15-27-41(39)49(43)35-21-9-3-10-22-35)38-30-32-44-48(46(38)34-19-7-2-8-20-34)40-26-14-16-28-42(40)50(44)36-23-11-4-12-24-36/h1-32H. The minimum absolute atomic E-state index is 1.16. The minimum Gasteiger partial charge on any atom is -0.309 e. The molecule has 0 atom stereocenters. The van der Waals surface area contributed by atoms with Crippen LogP contribution in [0.4, 0.5) is 0 Å². The number of fused-ring (bicyclic) bond motifs is 6. The highest BCUT2D eigenvalue weighted by atomic mass is 15.0. The second-order valence-corrected chi connectivity index (χ2v) is 12.9. The second kappa shape index (κ2) is 11.5. The molecule has 0 amide bonds. The van der Waals surface area contributed by atoms with Gasteiger partial charge < -0.3 is 9.13 Å². The Kier molecular flexibility index (Phi) is 6.53. The minimum atomic E-state index is 1.16. The van der Waals surface area contributed by atoms with Gasteiger partial charge in [0.05, 0.1) is 22.1 Å². The quantitative estimate of drug-likeness (QED) is 0.178. The maximum absolute atomic E-state index is 2.41. The normalized spacial score (nSPS) is 11.6. The first-order chi connectivity index (χ1) is 24.9. The zero-order valence-electron chi connectivity index (χ0n) is 27.4. The molecule has 2 aromatic heterocycles. The molecule has 234 valence electrons. The molecule has 0 spiro atoms. The Labute approximate surface area is 290 Å². The van der Waals surface area contributed by atoms with Gasteiger partial charge in [-0.3, -0.25) is 0 Å². The zero-order chi connectivity index (χ0) is 33.0. The van der Waals surface area contributed by atoms with E-state index in [9.17, 15) is 0 Å². The Bertz CT molecular complexity index is 2630. The first-order valence-corrected chi connectivity index (χ1v) is 17.2. The van der Waals surface area contributed by atoms with Crippen LogP contribution in [0.5, 0.6) is 0 Å². The third-order valence-corrected chi connectivity index (χ3v) is 10.1. The van der Waals surface area contributed by atoms with E-state index < -0.39 is 0 Å². The lowest BCUT2D eigenvalue weighted by Crippen LogP contribution is -1.96. The van der Waals surface area contributed by atoms with Crippen molar-refractivity contribution in [1.82, 2.24) is 9.13 Å². The Hall–Kier alpha value is -6.64. The number of nitrogens with zero attached hydrogens (tertiary/aromatic N) is 2. The van der Waals surface area contributed by atoms with Gasteiger partial charge in [0.25, 0.3) is 0 Å². The van der Waals surface area contributed by atoms with Gasteiger partial charge in [-0.1, -0.05) is 146 Å². The zero-order valence-corrected chi connectivity index (χ0v) is 27.4. The van der Waals surface area contributed by atoms with Crippen LogP contribution in [0.25, 0.3) is 88.4 Å². The van der Waals surface area contributed by atoms with Gasteiger partial charge in [-0.15, -0.1) is 0 Å². The largest absolute Gasteiger partial charge is 0.309 e. The third kappa shape index (κ3) is 4.29. The fourth-order valence-corrected chi connectivity index (χ4v) is 8.09. The second-order valence-electron chi connectivity index (χ2n) is 12.9. The van der Waals surface area contributed by atoms with Crippen LogP contribution >= 0.6 is 0 Å². The Morgan fingerprint density at radius 1 is 0.260 bits per heavy atom. The molecule has 0 bridgehead atoms. The van der Waals surface area contributed by atoms with Gasteiger partial charge in [0.15, 0.2) is 0 Å². The lowest BCUT2D eigenvalue weighted by molar-refractivity contribution is 1.18. The van der Waals surface area contributed by atoms with Crippen LogP contribution in [0.2, 0.25) is 0 Å². The van der Waals surface area contributed by atoms with Gasteiger partial charge in [0.1, 0.15) is 0 Å². The van der Waals surface area contributed by atoms with Crippen molar-refractivity contribution >= 4 is 43.6 Å². The van der Waals surface area contributed by atoms with Crippen molar-refractivity contribution in [2.45, 2.75) is 0 Å². The van der Waals surface area contributed by atoms with E-state index in [1.165, 1.54) is 77.0 Å². The molecule has 0 aliphatic carbocycles. The van der Waals surface area contributed by atoms with E-state index in [4.69, 9.17) is 0 Å². The topological polar surface area (TPSA) is 9.86 Å². The first-order valence-electron chi connectivity index (χ1n) is 17.2. The highest BCUT2D eigenvalue weighted by molar-refractivity contribution is 6.22. The summed E-state index contributed by atoms with van der Waals surface area (Å²) in [6, 6.07) is 70.4. The smallest absolute Gasteiger partial charge is 0.0547 e. The van der Waals surface area contributed by atoms with Gasteiger partial charge >= 0.3 is 0 Å². The summed E-state index contributed by atoms with van der Waals surface area (Å²) < 4.78 is 4.82. The van der Waals surface area contributed by atoms with E-state index in [2.05, 4.69) is 203 Å². The molecule has 2 nitrogen and oxygen atoms in total. The molecule has 0 saturated heterocycles. The van der Waals surface area contributed by atoms with Gasteiger partial charge in [-0.2, -0.15) is 0 Å². The van der Waals surface area contributed by atoms with Crippen LogP contribution in [0.1, 0.15) is 0 Å². The van der Waals surface area contributed by atoms with Gasteiger partial charge in [-0.25, -0.2) is 0 Å². The molecule has 0 radical (unpaired) electrons. The van der Waals surface area contributed by atoms with Crippen LogP contribution in [0.3, 0.4) is 0 Å². The number of rotatable bonds is 5. The number of benzene rings is 8. The molecule has 8 aromatic carbocycles. The molecule has 0 aliphatic rings. The molecule has 10 aromatic rings. The maximum Gasteiger partial charge on any atom is 0.0547 e. The van der Waals surface area contributed by atoms with E-state index in [0.717, 1.165) is 11.4 Å². The van der Waals surface area contributed by atoms with Crippen molar-refractivity contribution in [3.8, 4) is 44.8 Å². The summed E-state index contributed by atoms with van der Waals surface area (Å²) in [5.41, 5.74) is 14.5. The van der Waals surface area contributed by atoms with Crippen molar-refractivity contribution in [1.29, 1.82) is 0 Å². The summed E-state index contributed by atoms with van der Waals surface area (Å²) in [6.45, 7) is 0. The lowest BCUT2D eigenvalue weighted by Gasteiger charge is -2.18. The summed E-state index contributed by atoms with van der Waals surface area (Å²) >= 11 is 0. The average molecular weight is 637 g/mol. The van der Waals surface area contributed by atoms with Gasteiger partial charge in [0, 0.05) is 32.9 Å². The number of para-hydroxylation sites is 4. The first kappa shape index (κ1) is 28.4. The van der Waals surface area contributed by atoms with Crippen molar-refractivity contribution in [2.75, 3.05) is 0 Å². The van der Waals surface area contributed by atoms with Crippen molar-refractivity contribution in [3.05, 3.63) is 194 Å². The van der Waals surface area contributed by atoms with E-state index in [0.29, 0.717) is 0 Å². The van der Waals surface area contributed by atoms with E-state index in [-0.39, 0.29) is 0 Å². The highest BCUT2D eigenvalue weighted by Gasteiger charge is 2.24. The van der Waals surface area contributed by atoms with Gasteiger partial charge in [0.2, 0.25) is 0 Å². The predicted octanol–water partition coefficient (Wildman–Crippen LogP) is 12.9. The van der Waals surface area contributed by atoms with E-state index in [1.807, 2.05) is 0 Å². The molecule has 2 heteroatoms. The monoisotopic (exact) mass is 636 g/mol. The van der Waals surface area contributed by atoms with Gasteiger partial charge in [-0.05, 0) is 81.9 Å². The molecule has 0 fully saturated rings. The number of hydrogen-bond donors (Lipinski definition) is 0. The lowest BCUT2D eigenvalue weighted by atomic mass is 9.85. The maximum atomic E-state index is 2.41. The SMILES string of the molecule is c1ccc(-c2c(-c3ccc4c(c3-c3ccccc3)c3ccccc3n4-c3ccccc3)ccc3c2c2ccccc2n3-c2ccccc2)cc1. The number of aromatic nitrogens is 2. The summed E-state index contributed by atoms with van der Waals surface area (Å²) in [6.07, 6.45) is 0. The Morgan fingerprint density at radius 3 is 1.00 bits per heavy atom. The summed E-state index contributed by atoms with van der Waals surface area (Å²) in [4.78, 5) is 0. The molecule has 10 rings (SSSR count). The highest BCUT2D eigenvalue weighted by Crippen LogP contribution is 2.49. The van der Waals surface area contributed by atoms with Crippen LogP contribution in [-0.2, 0) is 0 Å². The van der Waals surface area contributed by atoms with E-state index in [1.54, 1.807) is 0 Å². The van der Waals surface area contributed by atoms with Crippen LogP contribution in [0.15, 0.2) is 194 Å². The molecular formula is C48H32N2. The molecule has 0 N–H and O–H groups in total. The third-order valence-electron chi connectivity index (χ3n) is 10.1. The molecule has 50 heavy (non-hydrogen) atoms. The molecule has 0 unspecified atom stereocenters. The van der Waals surface area contributed by atoms with Crippen LogP contribution in [0, 0.1) is 0 Å². The summed E-state index contributed by atoms with van der Waals surface area (Å²) in [5.74, 6) is 0. The Morgan fingerprint density at radius 2 is 0.600 bits per heavy atom. The molecular weight excluding hydrogens is 605 g/mol. The van der Waals surface area contributed by atoms with Crippen molar-refractivity contribution < 1.29 is 0 Å². The van der Waals surface area contributed by atoms with Crippen LogP contribution < -0.4 is 0 Å². The van der Waals surface area contributed by atoms with Crippen molar-refractivity contribution in [3.63, 3.8) is 0 Å². The Balaban J connectivity index is 1.39. The summed E-state index contributed by atoms with van der Waals surface area (Å²) in [5, 5.41) is 5.02. The number of hydrogen-bond acceptors (Lipinski definition) is 0. The van der Waals surface area contributed by atoms with Crippen molar-refractivity contribution in [2.24, 2.45) is 0 Å². The van der Waals surface area contributed by atoms with Crippen LogP contribution in [-0.4, -0.2) is 9.13 Å². The predicted molar refractivity (Wildman–Crippen MR) is 211 cm³/mol. The fraction of sp³-hybridized carbons (Fsp3) is 0. The fourth-order valence-electron chi connectivity index (χ4n) is 8.09. The average Bonchev–Trinajstić information content (AvgIpc) is 3.72. The molecule has 0 saturated carbocycles. The molecule has 2 heterocycles. The summed E-state index contributed by atoms with van der Waals surface area (Å²) in [7, 11) is 0. The van der Waals surface area contributed by atoms with E-state index >= 15 is 0 Å². The molecule has 0 aliphatic heterocycles.